The Labute approximate surface area is 130 Å². The van der Waals surface area contributed by atoms with Gasteiger partial charge < -0.3 is 5.32 Å². The molecule has 1 rings (SSSR count). The molecular weight excluding hydrogens is 282 g/mol. The molecule has 0 aromatic heterocycles. The Bertz CT molecular complexity index is 494. The van der Waals surface area contributed by atoms with Crippen molar-refractivity contribution >= 4 is 9.84 Å². The topological polar surface area (TPSA) is 46.2 Å². The summed E-state index contributed by atoms with van der Waals surface area (Å²) in [6, 6.07) is 7.66. The van der Waals surface area contributed by atoms with Crippen molar-refractivity contribution in [2.45, 2.75) is 63.3 Å². The molecular formula is C17H29NO2S. The summed E-state index contributed by atoms with van der Waals surface area (Å²) < 4.78 is 23.0. The molecule has 0 bridgehead atoms. The van der Waals surface area contributed by atoms with Crippen molar-refractivity contribution in [1.82, 2.24) is 5.32 Å². The highest BCUT2D eigenvalue weighted by Gasteiger charge is 2.12. The lowest BCUT2D eigenvalue weighted by Gasteiger charge is -2.19. The maximum absolute atomic E-state index is 11.5. The van der Waals surface area contributed by atoms with Crippen molar-refractivity contribution in [3.8, 4) is 0 Å². The van der Waals surface area contributed by atoms with Crippen LogP contribution >= 0.6 is 0 Å². The average molecular weight is 311 g/mol. The normalized spacial score (nSPS) is 13.3. The number of unbranched alkanes of at least 4 members (excludes halogenated alkanes) is 3. The Balaban J connectivity index is 2.72. The van der Waals surface area contributed by atoms with Gasteiger partial charge in [0.05, 0.1) is 4.90 Å². The molecule has 3 nitrogen and oxygen atoms in total. The zero-order valence-electron chi connectivity index (χ0n) is 13.6. The van der Waals surface area contributed by atoms with E-state index in [9.17, 15) is 8.42 Å². The summed E-state index contributed by atoms with van der Waals surface area (Å²) in [6.45, 7) is 5.37. The summed E-state index contributed by atoms with van der Waals surface area (Å²) in [5.74, 6) is 0. The van der Waals surface area contributed by atoms with Gasteiger partial charge in [0.15, 0.2) is 9.84 Å². The van der Waals surface area contributed by atoms with Crippen LogP contribution < -0.4 is 5.32 Å². The summed E-state index contributed by atoms with van der Waals surface area (Å²) in [4.78, 5) is 0.395. The van der Waals surface area contributed by atoms with Gasteiger partial charge in [-0.05, 0) is 37.1 Å². The summed E-state index contributed by atoms with van der Waals surface area (Å²) in [7, 11) is -3.11. The highest BCUT2D eigenvalue weighted by atomic mass is 32.2. The molecule has 21 heavy (non-hydrogen) atoms. The molecule has 1 atom stereocenters. The van der Waals surface area contributed by atoms with E-state index in [2.05, 4.69) is 19.2 Å². The Morgan fingerprint density at radius 3 is 2.19 bits per heavy atom. The van der Waals surface area contributed by atoms with Crippen LogP contribution in [0, 0.1) is 0 Å². The molecule has 1 aromatic rings. The molecule has 0 aliphatic carbocycles. The largest absolute Gasteiger partial charge is 0.310 e. The Hall–Kier alpha value is -0.870. The molecule has 0 spiro atoms. The van der Waals surface area contributed by atoms with Crippen LogP contribution in [0.25, 0.3) is 0 Å². The van der Waals surface area contributed by atoms with Gasteiger partial charge in [-0.2, -0.15) is 0 Å². The Kier molecular flexibility index (Phi) is 7.97. The number of nitrogens with one attached hydrogen (secondary N) is 1. The van der Waals surface area contributed by atoms with Crippen LogP contribution in [0.1, 0.15) is 64.0 Å². The van der Waals surface area contributed by atoms with Gasteiger partial charge in [-0.1, -0.05) is 51.7 Å². The van der Waals surface area contributed by atoms with Crippen LogP contribution in [0.3, 0.4) is 0 Å². The zero-order valence-corrected chi connectivity index (χ0v) is 14.4. The van der Waals surface area contributed by atoms with E-state index in [1.807, 2.05) is 12.1 Å². The van der Waals surface area contributed by atoms with Gasteiger partial charge in [-0.3, -0.25) is 0 Å². The third-order valence-electron chi connectivity index (χ3n) is 3.70. The van der Waals surface area contributed by atoms with Gasteiger partial charge in [0.2, 0.25) is 0 Å². The standard InChI is InChI=1S/C17H29NO2S/c1-4-6-7-8-9-17(18-14-5-2)15-10-12-16(13-11-15)21(3,19)20/h10-13,17-18H,4-9,14H2,1-3H3. The van der Waals surface area contributed by atoms with Crippen LogP contribution in [0.15, 0.2) is 29.2 Å². The minimum atomic E-state index is -3.11. The van der Waals surface area contributed by atoms with Gasteiger partial charge in [0.1, 0.15) is 0 Å². The molecule has 0 aliphatic rings. The fourth-order valence-corrected chi connectivity index (χ4v) is 3.06. The molecule has 0 heterocycles. The second kappa shape index (κ2) is 9.21. The predicted molar refractivity (Wildman–Crippen MR) is 89.3 cm³/mol. The van der Waals surface area contributed by atoms with E-state index in [-0.39, 0.29) is 0 Å². The maximum Gasteiger partial charge on any atom is 0.175 e. The first-order valence-electron chi connectivity index (χ1n) is 8.02. The van der Waals surface area contributed by atoms with E-state index in [1.54, 1.807) is 12.1 Å². The number of sulfone groups is 1. The SMILES string of the molecule is CCCCCCC(NCCC)c1ccc(S(C)(=O)=O)cc1. The maximum atomic E-state index is 11.5. The van der Waals surface area contributed by atoms with E-state index in [1.165, 1.54) is 37.5 Å². The molecule has 0 saturated heterocycles. The third kappa shape index (κ3) is 6.62. The minimum absolute atomic E-state index is 0.329. The minimum Gasteiger partial charge on any atom is -0.310 e. The average Bonchev–Trinajstić information content (AvgIpc) is 2.46. The summed E-state index contributed by atoms with van der Waals surface area (Å²) in [5, 5.41) is 3.57. The van der Waals surface area contributed by atoms with E-state index < -0.39 is 9.84 Å². The van der Waals surface area contributed by atoms with Gasteiger partial charge in [-0.25, -0.2) is 8.42 Å². The number of hydrogen-bond donors (Lipinski definition) is 1. The summed E-state index contributed by atoms with van der Waals surface area (Å²) >= 11 is 0. The van der Waals surface area contributed by atoms with Crippen molar-refractivity contribution in [3.05, 3.63) is 29.8 Å². The smallest absolute Gasteiger partial charge is 0.175 e. The van der Waals surface area contributed by atoms with Crippen LogP contribution in [-0.2, 0) is 9.84 Å². The summed E-state index contributed by atoms with van der Waals surface area (Å²) in [5.41, 5.74) is 1.19. The van der Waals surface area contributed by atoms with E-state index in [0.29, 0.717) is 10.9 Å². The van der Waals surface area contributed by atoms with Crippen molar-refractivity contribution in [2.24, 2.45) is 0 Å². The third-order valence-corrected chi connectivity index (χ3v) is 4.83. The first kappa shape index (κ1) is 18.2. The lowest BCUT2D eigenvalue weighted by molar-refractivity contribution is 0.470. The van der Waals surface area contributed by atoms with Gasteiger partial charge in [-0.15, -0.1) is 0 Å². The molecule has 120 valence electrons. The van der Waals surface area contributed by atoms with Crippen LogP contribution in [0.5, 0.6) is 0 Å². The lowest BCUT2D eigenvalue weighted by Crippen LogP contribution is -2.22. The molecule has 4 heteroatoms. The van der Waals surface area contributed by atoms with Crippen molar-refractivity contribution in [1.29, 1.82) is 0 Å². The van der Waals surface area contributed by atoms with Crippen molar-refractivity contribution in [3.63, 3.8) is 0 Å². The van der Waals surface area contributed by atoms with E-state index in [4.69, 9.17) is 0 Å². The van der Waals surface area contributed by atoms with Gasteiger partial charge in [0, 0.05) is 12.3 Å². The second-order valence-electron chi connectivity index (χ2n) is 5.70. The summed E-state index contributed by atoms with van der Waals surface area (Å²) in [6.07, 6.45) is 8.47. The van der Waals surface area contributed by atoms with E-state index >= 15 is 0 Å². The molecule has 1 unspecified atom stereocenters. The zero-order chi connectivity index (χ0) is 15.7. The number of benzene rings is 1. The van der Waals surface area contributed by atoms with Crippen molar-refractivity contribution < 1.29 is 8.42 Å². The molecule has 0 amide bonds. The molecule has 0 radical (unpaired) electrons. The fraction of sp³-hybridized carbons (Fsp3) is 0.647. The number of hydrogen-bond acceptors (Lipinski definition) is 3. The number of rotatable bonds is 10. The molecule has 1 N–H and O–H groups in total. The monoisotopic (exact) mass is 311 g/mol. The molecule has 0 saturated carbocycles. The van der Waals surface area contributed by atoms with Gasteiger partial charge >= 0.3 is 0 Å². The van der Waals surface area contributed by atoms with Gasteiger partial charge in [0.25, 0.3) is 0 Å². The predicted octanol–water partition coefficient (Wildman–Crippen LogP) is 4.10. The second-order valence-corrected chi connectivity index (χ2v) is 7.71. The first-order chi connectivity index (χ1) is 9.99. The molecule has 0 aliphatic heterocycles. The van der Waals surface area contributed by atoms with Crippen molar-refractivity contribution in [2.75, 3.05) is 12.8 Å². The highest BCUT2D eigenvalue weighted by Crippen LogP contribution is 2.22. The molecule has 1 aromatic carbocycles. The highest BCUT2D eigenvalue weighted by molar-refractivity contribution is 7.90. The quantitative estimate of drug-likeness (QED) is 0.662. The Morgan fingerprint density at radius 1 is 1.00 bits per heavy atom. The van der Waals surface area contributed by atoms with Crippen LogP contribution in [0.2, 0.25) is 0 Å². The Morgan fingerprint density at radius 2 is 1.67 bits per heavy atom. The van der Waals surface area contributed by atoms with Crippen LogP contribution in [0.4, 0.5) is 0 Å². The lowest BCUT2D eigenvalue weighted by atomic mass is 10.00. The van der Waals surface area contributed by atoms with Crippen LogP contribution in [-0.4, -0.2) is 21.2 Å². The fourth-order valence-electron chi connectivity index (χ4n) is 2.43. The molecule has 0 fully saturated rings. The first-order valence-corrected chi connectivity index (χ1v) is 9.91. The van der Waals surface area contributed by atoms with E-state index in [0.717, 1.165) is 19.4 Å².